The third-order valence-corrected chi connectivity index (χ3v) is 5.77. The Hall–Kier alpha value is -0.480. The highest BCUT2D eigenvalue weighted by atomic mass is 79.9. The first-order valence-corrected chi connectivity index (χ1v) is 8.76. The van der Waals surface area contributed by atoms with Crippen LogP contribution in [0.25, 0.3) is 0 Å². The van der Waals surface area contributed by atoms with Gasteiger partial charge in [0, 0.05) is 21.3 Å². The maximum atomic E-state index is 12.2. The second-order valence-electron chi connectivity index (χ2n) is 5.14. The summed E-state index contributed by atoms with van der Waals surface area (Å²) in [5, 5.41) is 3.11. The van der Waals surface area contributed by atoms with Crippen molar-refractivity contribution < 1.29 is 4.79 Å². The van der Waals surface area contributed by atoms with Gasteiger partial charge < -0.3 is 5.32 Å². The molecule has 4 heteroatoms. The lowest BCUT2D eigenvalue weighted by molar-refractivity contribution is 0.0947. The van der Waals surface area contributed by atoms with Crippen molar-refractivity contribution >= 4 is 33.6 Å². The maximum absolute atomic E-state index is 12.2. The predicted octanol–water partition coefficient (Wildman–Crippen LogP) is 4.24. The molecule has 1 saturated carbocycles. The molecule has 2 nitrogen and oxygen atoms in total. The van der Waals surface area contributed by atoms with Crippen LogP contribution in [0.5, 0.6) is 0 Å². The van der Waals surface area contributed by atoms with E-state index < -0.39 is 0 Å². The quantitative estimate of drug-likeness (QED) is 0.887. The third-order valence-electron chi connectivity index (χ3n) is 3.86. The number of benzene rings is 1. The summed E-state index contributed by atoms with van der Waals surface area (Å²) in [7, 11) is 0. The van der Waals surface area contributed by atoms with E-state index >= 15 is 0 Å². The van der Waals surface area contributed by atoms with Gasteiger partial charge in [0.15, 0.2) is 0 Å². The molecule has 1 aliphatic carbocycles. The van der Waals surface area contributed by atoms with E-state index in [-0.39, 0.29) is 10.7 Å². The minimum absolute atomic E-state index is 0.0281. The van der Waals surface area contributed by atoms with E-state index in [2.05, 4.69) is 27.5 Å². The number of nitrogens with one attached hydrogen (secondary N) is 1. The second kappa shape index (κ2) is 6.80. The molecule has 1 aromatic rings. The first-order chi connectivity index (χ1) is 9.15. The van der Waals surface area contributed by atoms with Gasteiger partial charge in [-0.3, -0.25) is 4.79 Å². The zero-order chi connectivity index (χ0) is 13.7. The summed E-state index contributed by atoms with van der Waals surface area (Å²) >= 11 is 5.31. The van der Waals surface area contributed by atoms with Crippen LogP contribution >= 0.6 is 27.7 Å². The fourth-order valence-electron chi connectivity index (χ4n) is 2.62. The minimum Gasteiger partial charge on any atom is -0.351 e. The molecule has 19 heavy (non-hydrogen) atoms. The second-order valence-corrected chi connectivity index (χ2v) is 7.33. The molecule has 0 bridgehead atoms. The maximum Gasteiger partial charge on any atom is 0.251 e. The average molecular weight is 342 g/mol. The Labute approximate surface area is 127 Å². The monoisotopic (exact) mass is 341 g/mol. The summed E-state index contributed by atoms with van der Waals surface area (Å²) < 4.78 is 1.19. The molecular weight excluding hydrogens is 322 g/mol. The van der Waals surface area contributed by atoms with Crippen molar-refractivity contribution in [3.8, 4) is 0 Å². The highest BCUT2D eigenvalue weighted by Crippen LogP contribution is 2.37. The van der Waals surface area contributed by atoms with Crippen LogP contribution in [0.2, 0.25) is 0 Å². The lowest BCUT2D eigenvalue weighted by Crippen LogP contribution is -2.41. The van der Waals surface area contributed by atoms with Gasteiger partial charge >= 0.3 is 0 Å². The van der Waals surface area contributed by atoms with Gasteiger partial charge in [0.2, 0.25) is 0 Å². The van der Waals surface area contributed by atoms with Crippen molar-refractivity contribution in [2.24, 2.45) is 0 Å². The first-order valence-electron chi connectivity index (χ1n) is 6.74. The number of hydrogen-bond donors (Lipinski definition) is 1. The van der Waals surface area contributed by atoms with Gasteiger partial charge in [-0.1, -0.05) is 41.3 Å². The summed E-state index contributed by atoms with van der Waals surface area (Å²) in [4.78, 5) is 12.2. The van der Waals surface area contributed by atoms with Crippen LogP contribution in [0.15, 0.2) is 28.7 Å². The zero-order valence-corrected chi connectivity index (χ0v) is 13.6. The van der Waals surface area contributed by atoms with Gasteiger partial charge in [0.05, 0.1) is 0 Å². The van der Waals surface area contributed by atoms with Crippen molar-refractivity contribution in [2.45, 2.75) is 36.9 Å². The van der Waals surface area contributed by atoms with Crippen molar-refractivity contribution in [3.05, 3.63) is 34.3 Å². The molecule has 0 aromatic heterocycles. The van der Waals surface area contributed by atoms with Crippen LogP contribution < -0.4 is 5.32 Å². The number of rotatable bonds is 4. The Morgan fingerprint density at radius 2 is 2.11 bits per heavy atom. The SMILES string of the molecule is CSC1(CNC(=O)c2cccc(Br)c2)CCCCC1. The van der Waals surface area contributed by atoms with Crippen LogP contribution in [0.4, 0.5) is 0 Å². The number of carbonyl (C=O) groups is 1. The van der Waals surface area contributed by atoms with Crippen LogP contribution in [0.3, 0.4) is 0 Å². The highest BCUT2D eigenvalue weighted by Gasteiger charge is 2.31. The lowest BCUT2D eigenvalue weighted by atomic mass is 9.88. The predicted molar refractivity (Wildman–Crippen MR) is 85.8 cm³/mol. The molecule has 0 aliphatic heterocycles. The molecule has 0 atom stereocenters. The van der Waals surface area contributed by atoms with Gasteiger partial charge in [-0.25, -0.2) is 0 Å². The molecule has 0 heterocycles. The smallest absolute Gasteiger partial charge is 0.251 e. The Bertz CT molecular complexity index is 444. The van der Waals surface area contributed by atoms with E-state index in [1.165, 1.54) is 32.1 Å². The largest absolute Gasteiger partial charge is 0.351 e. The number of carbonyl (C=O) groups excluding carboxylic acids is 1. The van der Waals surface area contributed by atoms with Crippen molar-refractivity contribution in [2.75, 3.05) is 12.8 Å². The van der Waals surface area contributed by atoms with Gasteiger partial charge in [-0.15, -0.1) is 0 Å². The molecule has 104 valence electrons. The Morgan fingerprint density at radius 1 is 1.37 bits per heavy atom. The van der Waals surface area contributed by atoms with E-state index in [0.717, 1.165) is 16.6 Å². The van der Waals surface area contributed by atoms with Crippen molar-refractivity contribution in [1.82, 2.24) is 5.32 Å². The average Bonchev–Trinajstić information content (AvgIpc) is 2.46. The molecule has 2 rings (SSSR count). The molecule has 0 spiro atoms. The lowest BCUT2D eigenvalue weighted by Gasteiger charge is -2.35. The summed E-state index contributed by atoms with van der Waals surface area (Å²) in [6.07, 6.45) is 8.50. The molecular formula is C15H20BrNOS. The van der Waals surface area contributed by atoms with Gasteiger partial charge in [0.1, 0.15) is 0 Å². The normalized spacial score (nSPS) is 18.0. The fraction of sp³-hybridized carbons (Fsp3) is 0.533. The van der Waals surface area contributed by atoms with Gasteiger partial charge in [-0.2, -0.15) is 11.8 Å². The Balaban J connectivity index is 1.95. The van der Waals surface area contributed by atoms with Crippen molar-refractivity contribution in [1.29, 1.82) is 0 Å². The Kier molecular flexibility index (Phi) is 5.34. The van der Waals surface area contributed by atoms with Crippen molar-refractivity contribution in [3.63, 3.8) is 0 Å². The minimum atomic E-state index is 0.0281. The van der Waals surface area contributed by atoms with Gasteiger partial charge in [0.25, 0.3) is 5.91 Å². The fourth-order valence-corrected chi connectivity index (χ4v) is 3.93. The number of thioether (sulfide) groups is 1. The van der Waals surface area contributed by atoms with E-state index in [9.17, 15) is 4.79 Å². The van der Waals surface area contributed by atoms with E-state index in [0.29, 0.717) is 0 Å². The summed E-state index contributed by atoms with van der Waals surface area (Å²) in [5.41, 5.74) is 0.724. The zero-order valence-electron chi connectivity index (χ0n) is 11.2. The Morgan fingerprint density at radius 3 is 2.74 bits per heavy atom. The van der Waals surface area contributed by atoms with Crippen LogP contribution in [0, 0.1) is 0 Å². The number of halogens is 1. The number of amides is 1. The van der Waals surface area contributed by atoms with E-state index in [1.807, 2.05) is 36.0 Å². The third kappa shape index (κ3) is 3.99. The molecule has 1 N–H and O–H groups in total. The van der Waals surface area contributed by atoms with Crippen LogP contribution in [-0.4, -0.2) is 23.5 Å². The highest BCUT2D eigenvalue weighted by molar-refractivity contribution is 9.10. The van der Waals surface area contributed by atoms with Crippen LogP contribution in [-0.2, 0) is 0 Å². The van der Waals surface area contributed by atoms with E-state index in [4.69, 9.17) is 0 Å². The van der Waals surface area contributed by atoms with Crippen LogP contribution in [0.1, 0.15) is 42.5 Å². The molecule has 1 amide bonds. The summed E-state index contributed by atoms with van der Waals surface area (Å²) in [6, 6.07) is 7.54. The molecule has 0 saturated heterocycles. The van der Waals surface area contributed by atoms with Gasteiger partial charge in [-0.05, 0) is 37.3 Å². The van der Waals surface area contributed by atoms with E-state index in [1.54, 1.807) is 0 Å². The molecule has 0 radical (unpaired) electrons. The molecule has 1 fully saturated rings. The summed E-state index contributed by atoms with van der Waals surface area (Å²) in [6.45, 7) is 0.777. The topological polar surface area (TPSA) is 29.1 Å². The summed E-state index contributed by atoms with van der Waals surface area (Å²) in [5.74, 6) is 0.0281. The molecule has 1 aromatic carbocycles. The first kappa shape index (κ1) is 14.9. The molecule has 0 unspecified atom stereocenters. The number of hydrogen-bond acceptors (Lipinski definition) is 2. The molecule has 1 aliphatic rings. The standard InChI is InChI=1S/C15H20BrNOS/c1-19-15(8-3-2-4-9-15)11-17-14(18)12-6-5-7-13(16)10-12/h5-7,10H,2-4,8-9,11H2,1H3,(H,17,18).